The highest BCUT2D eigenvalue weighted by atomic mass is 35.5. The van der Waals surface area contributed by atoms with Crippen molar-refractivity contribution in [2.24, 2.45) is 0 Å². The molecule has 0 spiro atoms. The molecule has 1 unspecified atom stereocenters. The topological polar surface area (TPSA) is 77.4 Å². The lowest BCUT2D eigenvalue weighted by molar-refractivity contribution is 0.184. The van der Waals surface area contributed by atoms with Gasteiger partial charge >= 0.3 is 6.03 Å². The van der Waals surface area contributed by atoms with Crippen LogP contribution in [0, 0.1) is 0 Å². The van der Waals surface area contributed by atoms with E-state index in [1.807, 2.05) is 4.68 Å². The Kier molecular flexibility index (Phi) is 4.68. The zero-order chi connectivity index (χ0) is 16.2. The predicted molar refractivity (Wildman–Crippen MR) is 87.3 cm³/mol. The molecule has 23 heavy (non-hydrogen) atoms. The number of benzene rings is 1. The van der Waals surface area contributed by atoms with Gasteiger partial charge in [0.05, 0.1) is 37.3 Å². The van der Waals surface area contributed by atoms with E-state index in [0.29, 0.717) is 28.8 Å². The third-order valence-corrected chi connectivity index (χ3v) is 3.78. The number of carbonyl (C=O) groups is 1. The number of amides is 2. The monoisotopic (exact) mass is 336 g/mol. The number of hydrogen-bond acceptors (Lipinski definition) is 4. The molecule has 122 valence electrons. The Balaban J connectivity index is 1.64. The number of halogens is 1. The molecular formula is C15H17ClN4O3. The Morgan fingerprint density at radius 1 is 1.48 bits per heavy atom. The molecule has 1 atom stereocenters. The molecule has 2 heterocycles. The van der Waals surface area contributed by atoms with Gasteiger partial charge in [0, 0.05) is 17.8 Å². The van der Waals surface area contributed by atoms with E-state index in [0.717, 1.165) is 13.0 Å². The lowest BCUT2D eigenvalue weighted by Gasteiger charge is -2.11. The van der Waals surface area contributed by atoms with Gasteiger partial charge in [0.15, 0.2) is 0 Å². The third kappa shape index (κ3) is 3.75. The first-order valence-corrected chi connectivity index (χ1v) is 7.57. The summed E-state index contributed by atoms with van der Waals surface area (Å²) in [6.07, 6.45) is 4.31. The van der Waals surface area contributed by atoms with Crippen LogP contribution in [0.4, 0.5) is 16.2 Å². The fraction of sp³-hybridized carbons (Fsp3) is 0.333. The van der Waals surface area contributed by atoms with Gasteiger partial charge in [-0.1, -0.05) is 11.6 Å². The van der Waals surface area contributed by atoms with Crippen molar-refractivity contribution in [3.05, 3.63) is 35.6 Å². The molecule has 7 nitrogen and oxygen atoms in total. The van der Waals surface area contributed by atoms with Crippen LogP contribution in [0.3, 0.4) is 0 Å². The highest BCUT2D eigenvalue weighted by Gasteiger charge is 2.18. The second kappa shape index (κ2) is 6.89. The number of carbonyl (C=O) groups excluding carboxylic acids is 1. The van der Waals surface area contributed by atoms with Gasteiger partial charge in [-0.25, -0.2) is 4.79 Å². The molecule has 8 heteroatoms. The molecule has 2 amide bonds. The molecule has 3 rings (SSSR count). The van der Waals surface area contributed by atoms with Crippen LogP contribution in [-0.2, 0) is 4.74 Å². The molecular weight excluding hydrogens is 320 g/mol. The minimum Gasteiger partial charge on any atom is -0.495 e. The van der Waals surface area contributed by atoms with E-state index in [1.165, 1.54) is 7.11 Å². The van der Waals surface area contributed by atoms with E-state index >= 15 is 0 Å². The van der Waals surface area contributed by atoms with Gasteiger partial charge < -0.3 is 20.1 Å². The van der Waals surface area contributed by atoms with Gasteiger partial charge in [0.25, 0.3) is 0 Å². The van der Waals surface area contributed by atoms with Gasteiger partial charge in [-0.05, 0) is 24.6 Å². The van der Waals surface area contributed by atoms with Gasteiger partial charge in [-0.3, -0.25) is 4.68 Å². The summed E-state index contributed by atoms with van der Waals surface area (Å²) >= 11 is 5.94. The fourth-order valence-electron chi connectivity index (χ4n) is 2.40. The summed E-state index contributed by atoms with van der Waals surface area (Å²) < 4.78 is 12.3. The predicted octanol–water partition coefficient (Wildman–Crippen LogP) is 3.15. The van der Waals surface area contributed by atoms with Gasteiger partial charge in [-0.15, -0.1) is 0 Å². The summed E-state index contributed by atoms with van der Waals surface area (Å²) in [5.41, 5.74) is 1.10. The largest absolute Gasteiger partial charge is 0.495 e. The van der Waals surface area contributed by atoms with Crippen molar-refractivity contribution in [1.82, 2.24) is 9.78 Å². The number of ether oxygens (including phenoxy) is 2. The van der Waals surface area contributed by atoms with E-state index < -0.39 is 6.03 Å². The molecule has 1 aliphatic heterocycles. The number of aromatic nitrogens is 2. The summed E-state index contributed by atoms with van der Waals surface area (Å²) in [6, 6.07) is 4.83. The Hall–Kier alpha value is -2.25. The van der Waals surface area contributed by atoms with Crippen molar-refractivity contribution in [3.8, 4) is 5.75 Å². The maximum Gasteiger partial charge on any atom is 0.323 e. The standard InChI is InChI=1S/C15H17ClN4O3/c1-22-14-3-2-10(16)6-13(14)19-15(21)18-11-7-17-20(8-11)12-4-5-23-9-12/h2-3,6-8,12H,4-5,9H2,1H3,(H2,18,19,21). The van der Waals surface area contributed by atoms with E-state index in [-0.39, 0.29) is 6.04 Å². The summed E-state index contributed by atoms with van der Waals surface area (Å²) in [5, 5.41) is 10.2. The first-order valence-electron chi connectivity index (χ1n) is 7.19. The number of hydrogen-bond donors (Lipinski definition) is 2. The second-order valence-corrected chi connectivity index (χ2v) is 5.59. The number of urea groups is 1. The molecule has 0 saturated carbocycles. The molecule has 0 radical (unpaired) electrons. The van der Waals surface area contributed by atoms with Crippen molar-refractivity contribution < 1.29 is 14.3 Å². The summed E-state index contributed by atoms with van der Waals surface area (Å²) in [5.74, 6) is 0.531. The minimum atomic E-state index is -0.396. The number of anilines is 2. The highest BCUT2D eigenvalue weighted by Crippen LogP contribution is 2.28. The zero-order valence-electron chi connectivity index (χ0n) is 12.6. The molecule has 2 aromatic rings. The van der Waals surface area contributed by atoms with Crippen molar-refractivity contribution in [2.75, 3.05) is 31.0 Å². The molecule has 1 aromatic heterocycles. The van der Waals surface area contributed by atoms with Crippen LogP contribution in [0.5, 0.6) is 5.75 Å². The molecule has 1 fully saturated rings. The Bertz CT molecular complexity index is 698. The molecule has 1 aromatic carbocycles. The maximum absolute atomic E-state index is 12.1. The Morgan fingerprint density at radius 3 is 3.09 bits per heavy atom. The average molecular weight is 337 g/mol. The summed E-state index contributed by atoms with van der Waals surface area (Å²) in [6.45, 7) is 1.38. The second-order valence-electron chi connectivity index (χ2n) is 5.15. The lowest BCUT2D eigenvalue weighted by atomic mass is 10.3. The highest BCUT2D eigenvalue weighted by molar-refractivity contribution is 6.31. The Morgan fingerprint density at radius 2 is 2.35 bits per heavy atom. The van der Waals surface area contributed by atoms with Gasteiger partial charge in [0.1, 0.15) is 5.75 Å². The maximum atomic E-state index is 12.1. The van der Waals surface area contributed by atoms with Crippen LogP contribution < -0.4 is 15.4 Å². The van der Waals surface area contributed by atoms with Gasteiger partial charge in [0.2, 0.25) is 0 Å². The fourth-order valence-corrected chi connectivity index (χ4v) is 2.57. The molecule has 0 bridgehead atoms. The first kappa shape index (κ1) is 15.6. The van der Waals surface area contributed by atoms with Crippen LogP contribution >= 0.6 is 11.6 Å². The van der Waals surface area contributed by atoms with Crippen LogP contribution in [0.2, 0.25) is 5.02 Å². The average Bonchev–Trinajstić information content (AvgIpc) is 3.18. The van der Waals surface area contributed by atoms with Crippen LogP contribution in [0.15, 0.2) is 30.6 Å². The van der Waals surface area contributed by atoms with E-state index in [1.54, 1.807) is 30.6 Å². The third-order valence-electron chi connectivity index (χ3n) is 3.55. The Labute approximate surface area is 138 Å². The van der Waals surface area contributed by atoms with Crippen molar-refractivity contribution in [1.29, 1.82) is 0 Å². The first-order chi connectivity index (χ1) is 11.2. The van der Waals surface area contributed by atoms with Crippen molar-refractivity contribution in [3.63, 3.8) is 0 Å². The number of methoxy groups -OCH3 is 1. The van der Waals surface area contributed by atoms with Crippen LogP contribution in [-0.4, -0.2) is 36.1 Å². The smallest absolute Gasteiger partial charge is 0.323 e. The van der Waals surface area contributed by atoms with E-state index in [4.69, 9.17) is 21.1 Å². The van der Waals surface area contributed by atoms with Crippen molar-refractivity contribution in [2.45, 2.75) is 12.5 Å². The van der Waals surface area contributed by atoms with E-state index in [2.05, 4.69) is 15.7 Å². The minimum absolute atomic E-state index is 0.224. The quantitative estimate of drug-likeness (QED) is 0.899. The number of nitrogens with one attached hydrogen (secondary N) is 2. The van der Waals surface area contributed by atoms with Crippen LogP contribution in [0.1, 0.15) is 12.5 Å². The lowest BCUT2D eigenvalue weighted by Crippen LogP contribution is -2.19. The van der Waals surface area contributed by atoms with Gasteiger partial charge in [-0.2, -0.15) is 5.10 Å². The molecule has 1 saturated heterocycles. The molecule has 0 aliphatic carbocycles. The van der Waals surface area contributed by atoms with Crippen LogP contribution in [0.25, 0.3) is 0 Å². The normalized spacial score (nSPS) is 17.0. The van der Waals surface area contributed by atoms with Crippen molar-refractivity contribution >= 4 is 29.0 Å². The molecule has 2 N–H and O–H groups in total. The zero-order valence-corrected chi connectivity index (χ0v) is 13.3. The SMILES string of the molecule is COc1ccc(Cl)cc1NC(=O)Nc1cnn(C2CCOC2)c1. The van der Waals surface area contributed by atoms with E-state index in [9.17, 15) is 4.79 Å². The number of rotatable bonds is 4. The summed E-state index contributed by atoms with van der Waals surface area (Å²) in [7, 11) is 1.53. The molecule has 1 aliphatic rings. The number of nitrogens with zero attached hydrogens (tertiary/aromatic N) is 2. The summed E-state index contributed by atoms with van der Waals surface area (Å²) in [4.78, 5) is 12.1.